The van der Waals surface area contributed by atoms with Gasteiger partial charge in [0.2, 0.25) is 0 Å². The van der Waals surface area contributed by atoms with E-state index >= 15 is 0 Å². The van der Waals surface area contributed by atoms with Gasteiger partial charge >= 0.3 is 5.97 Å². The van der Waals surface area contributed by atoms with E-state index in [1.807, 2.05) is 0 Å². The molecule has 3 rings (SSSR count). The van der Waals surface area contributed by atoms with Crippen LogP contribution in [0.1, 0.15) is 10.4 Å². The number of rotatable bonds is 4. The molecule has 7 nitrogen and oxygen atoms in total. The number of carbonyl (C=O) groups is 1. The molecule has 0 fully saturated rings. The second-order valence-corrected chi connectivity index (χ2v) is 6.95. The third kappa shape index (κ3) is 2.76. The molecule has 0 saturated heterocycles. The molecule has 0 unspecified atom stereocenters. The quantitative estimate of drug-likeness (QED) is 0.907. The average Bonchev–Trinajstić information content (AvgIpc) is 2.60. The van der Waals surface area contributed by atoms with Crippen LogP contribution in [0, 0.1) is 0 Å². The van der Waals surface area contributed by atoms with Crippen LogP contribution in [0.4, 0.5) is 5.69 Å². The van der Waals surface area contributed by atoms with Gasteiger partial charge in [-0.2, -0.15) is 0 Å². The lowest BCUT2D eigenvalue weighted by Gasteiger charge is -2.30. The Morgan fingerprint density at radius 2 is 1.92 bits per heavy atom. The van der Waals surface area contributed by atoms with Gasteiger partial charge in [-0.15, -0.1) is 0 Å². The number of ether oxygens (including phenoxy) is 2. The fourth-order valence-corrected chi connectivity index (χ4v) is 3.90. The Morgan fingerprint density at radius 3 is 2.54 bits per heavy atom. The van der Waals surface area contributed by atoms with Crippen LogP contribution in [0.3, 0.4) is 0 Å². The van der Waals surface area contributed by atoms with Crippen molar-refractivity contribution in [3.8, 4) is 11.5 Å². The SMILES string of the molecule is COc1ccc2c(c1)N(S(=O)(=O)c1ccc(C(=O)O)cc1)CCO2. The molecule has 126 valence electrons. The van der Waals surface area contributed by atoms with Crippen LogP contribution in [-0.2, 0) is 10.0 Å². The first kappa shape index (κ1) is 16.1. The molecular weight excluding hydrogens is 334 g/mol. The Balaban J connectivity index is 2.04. The first-order valence-electron chi connectivity index (χ1n) is 7.10. The molecule has 0 amide bonds. The van der Waals surface area contributed by atoms with Crippen molar-refractivity contribution in [2.75, 3.05) is 24.6 Å². The fourth-order valence-electron chi connectivity index (χ4n) is 2.45. The van der Waals surface area contributed by atoms with Gasteiger partial charge in [-0.25, -0.2) is 13.2 Å². The maximum Gasteiger partial charge on any atom is 0.335 e. The number of carboxylic acids is 1. The summed E-state index contributed by atoms with van der Waals surface area (Å²) in [6, 6.07) is 10.0. The summed E-state index contributed by atoms with van der Waals surface area (Å²) < 4.78 is 37.7. The van der Waals surface area contributed by atoms with E-state index in [9.17, 15) is 13.2 Å². The number of methoxy groups -OCH3 is 1. The van der Waals surface area contributed by atoms with Gasteiger partial charge < -0.3 is 14.6 Å². The summed E-state index contributed by atoms with van der Waals surface area (Å²) in [5.41, 5.74) is 0.418. The van der Waals surface area contributed by atoms with Gasteiger partial charge in [0.1, 0.15) is 18.1 Å². The molecule has 1 aliphatic rings. The second kappa shape index (κ2) is 6.04. The number of aromatic carboxylic acids is 1. The van der Waals surface area contributed by atoms with Crippen molar-refractivity contribution in [3.05, 3.63) is 48.0 Å². The third-order valence-electron chi connectivity index (χ3n) is 3.68. The van der Waals surface area contributed by atoms with E-state index in [1.54, 1.807) is 18.2 Å². The maximum atomic E-state index is 12.9. The number of nitrogens with zero attached hydrogens (tertiary/aromatic N) is 1. The van der Waals surface area contributed by atoms with Gasteiger partial charge in [0, 0.05) is 6.07 Å². The zero-order valence-electron chi connectivity index (χ0n) is 12.8. The average molecular weight is 349 g/mol. The van der Waals surface area contributed by atoms with Crippen LogP contribution < -0.4 is 13.8 Å². The molecule has 24 heavy (non-hydrogen) atoms. The van der Waals surface area contributed by atoms with Crippen LogP contribution >= 0.6 is 0 Å². The Morgan fingerprint density at radius 1 is 1.21 bits per heavy atom. The van der Waals surface area contributed by atoms with Crippen molar-refractivity contribution in [1.82, 2.24) is 0 Å². The van der Waals surface area contributed by atoms with Crippen molar-refractivity contribution in [1.29, 1.82) is 0 Å². The van der Waals surface area contributed by atoms with E-state index in [4.69, 9.17) is 14.6 Å². The van der Waals surface area contributed by atoms with E-state index in [1.165, 1.54) is 35.7 Å². The number of benzene rings is 2. The summed E-state index contributed by atoms with van der Waals surface area (Å²) in [6.07, 6.45) is 0. The van der Waals surface area contributed by atoms with E-state index in [0.29, 0.717) is 17.2 Å². The highest BCUT2D eigenvalue weighted by Crippen LogP contribution is 2.37. The molecule has 0 spiro atoms. The molecule has 8 heteroatoms. The molecule has 1 heterocycles. The first-order valence-corrected chi connectivity index (χ1v) is 8.54. The predicted octanol–water partition coefficient (Wildman–Crippen LogP) is 1.98. The van der Waals surface area contributed by atoms with Crippen LogP contribution in [0.5, 0.6) is 11.5 Å². The lowest BCUT2D eigenvalue weighted by molar-refractivity contribution is 0.0696. The smallest absolute Gasteiger partial charge is 0.335 e. The molecule has 1 aliphatic heterocycles. The van der Waals surface area contributed by atoms with Crippen LogP contribution in [-0.4, -0.2) is 39.8 Å². The Kier molecular flexibility index (Phi) is 4.06. The number of anilines is 1. The van der Waals surface area contributed by atoms with Gasteiger partial charge in [-0.1, -0.05) is 0 Å². The summed E-state index contributed by atoms with van der Waals surface area (Å²) in [5.74, 6) is -0.145. The molecular formula is C16H15NO6S. The number of hydrogen-bond acceptors (Lipinski definition) is 5. The van der Waals surface area contributed by atoms with E-state index in [2.05, 4.69) is 0 Å². The highest BCUT2D eigenvalue weighted by molar-refractivity contribution is 7.92. The number of carboxylic acid groups (broad SMARTS) is 1. The second-order valence-electron chi connectivity index (χ2n) is 5.09. The summed E-state index contributed by atoms with van der Waals surface area (Å²) in [7, 11) is -2.34. The van der Waals surface area contributed by atoms with Crippen molar-refractivity contribution in [3.63, 3.8) is 0 Å². The zero-order chi connectivity index (χ0) is 17.3. The summed E-state index contributed by atoms with van der Waals surface area (Å²) in [6.45, 7) is 0.384. The Labute approximate surface area is 139 Å². The van der Waals surface area contributed by atoms with Gasteiger partial charge in [-0.3, -0.25) is 4.31 Å². The molecule has 1 N–H and O–H groups in total. The zero-order valence-corrected chi connectivity index (χ0v) is 13.6. The van der Waals surface area contributed by atoms with Crippen LogP contribution in [0.2, 0.25) is 0 Å². The molecule has 2 aromatic carbocycles. The van der Waals surface area contributed by atoms with Gasteiger partial charge in [0.25, 0.3) is 10.0 Å². The molecule has 0 aliphatic carbocycles. The number of sulfonamides is 1. The highest BCUT2D eigenvalue weighted by atomic mass is 32.2. The molecule has 0 saturated carbocycles. The normalized spacial score (nSPS) is 13.8. The standard InChI is InChI=1S/C16H15NO6S/c1-22-12-4-7-15-14(10-12)17(8-9-23-15)24(20,21)13-5-2-11(3-6-13)16(18)19/h2-7,10H,8-9H2,1H3,(H,18,19). The molecule has 0 aromatic heterocycles. The minimum absolute atomic E-state index is 0.0168. The lowest BCUT2D eigenvalue weighted by Crippen LogP contribution is -2.37. The van der Waals surface area contributed by atoms with Crippen LogP contribution in [0.25, 0.3) is 0 Å². The fraction of sp³-hybridized carbons (Fsp3) is 0.188. The summed E-state index contributed by atoms with van der Waals surface area (Å²) in [5, 5.41) is 8.92. The Bertz CT molecular complexity index is 876. The monoisotopic (exact) mass is 349 g/mol. The lowest BCUT2D eigenvalue weighted by atomic mass is 10.2. The van der Waals surface area contributed by atoms with Crippen LogP contribution in [0.15, 0.2) is 47.4 Å². The summed E-state index contributed by atoms with van der Waals surface area (Å²) in [4.78, 5) is 10.9. The van der Waals surface area contributed by atoms with Crippen molar-refractivity contribution in [2.24, 2.45) is 0 Å². The third-order valence-corrected chi connectivity index (χ3v) is 5.50. The topological polar surface area (TPSA) is 93.1 Å². The molecule has 0 bridgehead atoms. The highest BCUT2D eigenvalue weighted by Gasteiger charge is 2.30. The molecule has 0 atom stereocenters. The van der Waals surface area contributed by atoms with Crippen molar-refractivity contribution < 1.29 is 27.8 Å². The minimum atomic E-state index is -3.84. The predicted molar refractivity (Wildman–Crippen MR) is 86.4 cm³/mol. The van der Waals surface area contributed by atoms with E-state index in [0.717, 1.165) is 0 Å². The number of fused-ring (bicyclic) bond motifs is 1. The minimum Gasteiger partial charge on any atom is -0.497 e. The van der Waals surface area contributed by atoms with E-state index in [-0.39, 0.29) is 23.6 Å². The largest absolute Gasteiger partial charge is 0.497 e. The molecule has 2 aromatic rings. The summed E-state index contributed by atoms with van der Waals surface area (Å²) >= 11 is 0. The number of hydrogen-bond donors (Lipinski definition) is 1. The Hall–Kier alpha value is -2.74. The van der Waals surface area contributed by atoms with Gasteiger partial charge in [0.15, 0.2) is 0 Å². The first-order chi connectivity index (χ1) is 11.4. The maximum absolute atomic E-state index is 12.9. The van der Waals surface area contributed by atoms with Crippen molar-refractivity contribution >= 4 is 21.7 Å². The molecule has 0 radical (unpaired) electrons. The van der Waals surface area contributed by atoms with Gasteiger partial charge in [-0.05, 0) is 36.4 Å². The van der Waals surface area contributed by atoms with Gasteiger partial charge in [0.05, 0.1) is 29.8 Å². The van der Waals surface area contributed by atoms with Crippen molar-refractivity contribution in [2.45, 2.75) is 4.90 Å². The van der Waals surface area contributed by atoms with E-state index < -0.39 is 16.0 Å².